The first-order valence-corrected chi connectivity index (χ1v) is 7.69. The second kappa shape index (κ2) is 8.90. The Morgan fingerprint density at radius 2 is 2.00 bits per heavy atom. The van der Waals surface area contributed by atoms with Crippen LogP contribution in [0, 0.1) is 0 Å². The summed E-state index contributed by atoms with van der Waals surface area (Å²) >= 11 is 0. The lowest BCUT2D eigenvalue weighted by molar-refractivity contribution is -0.142. The highest BCUT2D eigenvalue weighted by Crippen LogP contribution is 2.27. The Morgan fingerprint density at radius 3 is 2.70 bits per heavy atom. The largest absolute Gasteiger partial charge is 0.494 e. The topological polar surface area (TPSA) is 60.5 Å². The average Bonchev–Trinajstić information content (AvgIpc) is 2.59. The number of rotatable bonds is 8. The predicted molar refractivity (Wildman–Crippen MR) is 89.2 cm³/mol. The van der Waals surface area contributed by atoms with Crippen molar-refractivity contribution in [3.63, 3.8) is 0 Å². The Morgan fingerprint density at radius 1 is 1.22 bits per heavy atom. The molecule has 1 N–H and O–H groups in total. The number of esters is 1. The van der Waals surface area contributed by atoms with Gasteiger partial charge in [0.15, 0.2) is 0 Å². The molecule has 1 aromatic heterocycles. The normalized spacial score (nSPS) is 10.3. The van der Waals surface area contributed by atoms with Crippen molar-refractivity contribution in [2.75, 3.05) is 20.3 Å². The lowest BCUT2D eigenvalue weighted by Crippen LogP contribution is -2.18. The molecule has 5 heteroatoms. The SMILES string of the molecule is CCOC(=O)CCNCc1ccc(-c2ncccc2OC)cc1. The number of methoxy groups -OCH3 is 1. The van der Waals surface area contributed by atoms with Crippen molar-refractivity contribution < 1.29 is 14.3 Å². The molecular weight excluding hydrogens is 292 g/mol. The maximum atomic E-state index is 11.2. The Hall–Kier alpha value is -2.40. The molecule has 122 valence electrons. The summed E-state index contributed by atoms with van der Waals surface area (Å²) < 4.78 is 10.2. The van der Waals surface area contributed by atoms with E-state index in [2.05, 4.69) is 10.3 Å². The van der Waals surface area contributed by atoms with Crippen LogP contribution in [-0.2, 0) is 16.1 Å². The summed E-state index contributed by atoms with van der Waals surface area (Å²) in [5.74, 6) is 0.588. The van der Waals surface area contributed by atoms with Crippen LogP contribution < -0.4 is 10.1 Å². The van der Waals surface area contributed by atoms with E-state index in [0.29, 0.717) is 26.1 Å². The third-order valence-corrected chi connectivity index (χ3v) is 3.36. The minimum absolute atomic E-state index is 0.169. The van der Waals surface area contributed by atoms with Crippen LogP contribution in [0.3, 0.4) is 0 Å². The number of aromatic nitrogens is 1. The van der Waals surface area contributed by atoms with Crippen molar-refractivity contribution in [3.8, 4) is 17.0 Å². The van der Waals surface area contributed by atoms with Crippen LogP contribution in [0.25, 0.3) is 11.3 Å². The van der Waals surface area contributed by atoms with Gasteiger partial charge in [0.2, 0.25) is 0 Å². The summed E-state index contributed by atoms with van der Waals surface area (Å²) in [5, 5.41) is 3.23. The van der Waals surface area contributed by atoms with E-state index in [1.165, 1.54) is 0 Å². The third kappa shape index (κ3) is 5.07. The molecule has 0 fully saturated rings. The average molecular weight is 314 g/mol. The Labute approximate surface area is 136 Å². The number of ether oxygens (including phenoxy) is 2. The van der Waals surface area contributed by atoms with Crippen LogP contribution in [0.15, 0.2) is 42.6 Å². The quantitative estimate of drug-likeness (QED) is 0.600. The van der Waals surface area contributed by atoms with Crippen molar-refractivity contribution in [3.05, 3.63) is 48.2 Å². The van der Waals surface area contributed by atoms with E-state index < -0.39 is 0 Å². The van der Waals surface area contributed by atoms with Gasteiger partial charge in [0.25, 0.3) is 0 Å². The highest BCUT2D eigenvalue weighted by molar-refractivity contribution is 5.69. The molecule has 0 aliphatic heterocycles. The molecule has 0 bridgehead atoms. The summed E-state index contributed by atoms with van der Waals surface area (Å²) in [4.78, 5) is 15.6. The summed E-state index contributed by atoms with van der Waals surface area (Å²) in [6, 6.07) is 11.9. The van der Waals surface area contributed by atoms with Crippen LogP contribution >= 0.6 is 0 Å². The molecule has 1 heterocycles. The maximum absolute atomic E-state index is 11.2. The molecule has 0 aliphatic rings. The fraction of sp³-hybridized carbons (Fsp3) is 0.333. The number of carbonyl (C=O) groups excluding carboxylic acids is 1. The second-order valence-corrected chi connectivity index (χ2v) is 4.98. The van der Waals surface area contributed by atoms with Gasteiger partial charge in [-0.3, -0.25) is 9.78 Å². The minimum Gasteiger partial charge on any atom is -0.494 e. The van der Waals surface area contributed by atoms with E-state index in [9.17, 15) is 4.79 Å². The van der Waals surface area contributed by atoms with E-state index in [1.807, 2.05) is 43.3 Å². The van der Waals surface area contributed by atoms with Gasteiger partial charge in [0.05, 0.1) is 20.1 Å². The van der Waals surface area contributed by atoms with Crippen molar-refractivity contribution in [1.82, 2.24) is 10.3 Å². The molecule has 0 saturated heterocycles. The number of nitrogens with one attached hydrogen (secondary N) is 1. The molecule has 0 spiro atoms. The van der Waals surface area contributed by atoms with Crippen LogP contribution in [0.1, 0.15) is 18.9 Å². The molecule has 0 aliphatic carbocycles. The first-order valence-electron chi connectivity index (χ1n) is 7.69. The van der Waals surface area contributed by atoms with Crippen LogP contribution in [-0.4, -0.2) is 31.2 Å². The molecule has 2 aromatic rings. The van der Waals surface area contributed by atoms with Crippen LogP contribution in [0.2, 0.25) is 0 Å². The standard InChI is InChI=1S/C18H22N2O3/c1-3-23-17(21)10-12-19-13-14-6-8-15(9-7-14)18-16(22-2)5-4-11-20-18/h4-9,11,19H,3,10,12-13H2,1-2H3. The summed E-state index contributed by atoms with van der Waals surface area (Å²) in [6.07, 6.45) is 2.14. The zero-order valence-corrected chi connectivity index (χ0v) is 13.5. The lowest BCUT2D eigenvalue weighted by atomic mass is 10.1. The molecular formula is C18H22N2O3. The van der Waals surface area contributed by atoms with Gasteiger partial charge in [0.1, 0.15) is 11.4 Å². The van der Waals surface area contributed by atoms with Gasteiger partial charge in [-0.05, 0) is 24.6 Å². The monoisotopic (exact) mass is 314 g/mol. The molecule has 0 radical (unpaired) electrons. The third-order valence-electron chi connectivity index (χ3n) is 3.36. The van der Waals surface area contributed by atoms with Gasteiger partial charge >= 0.3 is 5.97 Å². The van der Waals surface area contributed by atoms with Crippen molar-refractivity contribution in [1.29, 1.82) is 0 Å². The molecule has 0 amide bonds. The second-order valence-electron chi connectivity index (χ2n) is 4.98. The number of hydrogen-bond donors (Lipinski definition) is 1. The van der Waals surface area contributed by atoms with E-state index >= 15 is 0 Å². The molecule has 2 rings (SSSR count). The number of nitrogens with zero attached hydrogens (tertiary/aromatic N) is 1. The molecule has 0 atom stereocenters. The molecule has 23 heavy (non-hydrogen) atoms. The zero-order valence-electron chi connectivity index (χ0n) is 13.5. The van der Waals surface area contributed by atoms with E-state index in [0.717, 1.165) is 22.6 Å². The van der Waals surface area contributed by atoms with Crippen molar-refractivity contribution in [2.24, 2.45) is 0 Å². The Kier molecular flexibility index (Phi) is 6.56. The van der Waals surface area contributed by atoms with E-state index in [1.54, 1.807) is 13.3 Å². The lowest BCUT2D eigenvalue weighted by Gasteiger charge is -2.08. The number of benzene rings is 1. The number of carbonyl (C=O) groups is 1. The predicted octanol–water partition coefficient (Wildman–Crippen LogP) is 2.80. The van der Waals surface area contributed by atoms with Crippen LogP contribution in [0.5, 0.6) is 5.75 Å². The number of hydrogen-bond acceptors (Lipinski definition) is 5. The van der Waals surface area contributed by atoms with Crippen molar-refractivity contribution >= 4 is 5.97 Å². The van der Waals surface area contributed by atoms with Gasteiger partial charge in [-0.2, -0.15) is 0 Å². The fourth-order valence-corrected chi connectivity index (χ4v) is 2.21. The molecule has 0 saturated carbocycles. The Balaban J connectivity index is 1.89. The zero-order chi connectivity index (χ0) is 16.5. The highest BCUT2D eigenvalue weighted by atomic mass is 16.5. The van der Waals surface area contributed by atoms with Crippen molar-refractivity contribution in [2.45, 2.75) is 19.9 Å². The van der Waals surface area contributed by atoms with Crippen LogP contribution in [0.4, 0.5) is 0 Å². The highest BCUT2D eigenvalue weighted by Gasteiger charge is 2.06. The van der Waals surface area contributed by atoms with Gasteiger partial charge in [-0.1, -0.05) is 24.3 Å². The van der Waals surface area contributed by atoms with Gasteiger partial charge < -0.3 is 14.8 Å². The van der Waals surface area contributed by atoms with Gasteiger partial charge in [0, 0.05) is 24.8 Å². The summed E-state index contributed by atoms with van der Waals surface area (Å²) in [6.45, 7) is 3.55. The molecule has 5 nitrogen and oxygen atoms in total. The fourth-order valence-electron chi connectivity index (χ4n) is 2.21. The minimum atomic E-state index is -0.169. The van der Waals surface area contributed by atoms with E-state index in [-0.39, 0.29) is 5.97 Å². The summed E-state index contributed by atoms with van der Waals surface area (Å²) in [5.41, 5.74) is 2.99. The van der Waals surface area contributed by atoms with E-state index in [4.69, 9.17) is 9.47 Å². The molecule has 0 unspecified atom stereocenters. The maximum Gasteiger partial charge on any atom is 0.307 e. The number of pyridine rings is 1. The Bertz CT molecular complexity index is 626. The first kappa shape index (κ1) is 17.0. The van der Waals surface area contributed by atoms with Gasteiger partial charge in [-0.15, -0.1) is 0 Å². The van der Waals surface area contributed by atoms with Gasteiger partial charge in [-0.25, -0.2) is 0 Å². The smallest absolute Gasteiger partial charge is 0.307 e. The molecule has 1 aromatic carbocycles. The first-order chi connectivity index (χ1) is 11.2. The summed E-state index contributed by atoms with van der Waals surface area (Å²) in [7, 11) is 1.64.